The van der Waals surface area contributed by atoms with Gasteiger partial charge in [-0.1, -0.05) is 121 Å². The zero-order valence-electron chi connectivity index (χ0n) is 21.2. The van der Waals surface area contributed by atoms with Gasteiger partial charge in [0.15, 0.2) is 6.04 Å². The topological polar surface area (TPSA) is 56.5 Å². The van der Waals surface area contributed by atoms with Crippen LogP contribution in [0.25, 0.3) is 0 Å². The van der Waals surface area contributed by atoms with E-state index in [2.05, 4.69) is 82.4 Å². The SMILES string of the molecule is COC(=O)C(Cc1cn(C(c2ccccc2)(c2ccccc2)c2ccccc2)cn1)N=Cc1ccccc1. The van der Waals surface area contributed by atoms with E-state index < -0.39 is 17.6 Å². The summed E-state index contributed by atoms with van der Waals surface area (Å²) in [5.41, 5.74) is 4.32. The van der Waals surface area contributed by atoms with Gasteiger partial charge in [-0.2, -0.15) is 0 Å². The summed E-state index contributed by atoms with van der Waals surface area (Å²) in [6.07, 6.45) is 5.89. The number of nitrogens with zero attached hydrogens (tertiary/aromatic N) is 3. The number of carbonyl (C=O) groups is 1. The van der Waals surface area contributed by atoms with Crippen molar-refractivity contribution in [1.29, 1.82) is 0 Å². The van der Waals surface area contributed by atoms with Gasteiger partial charge >= 0.3 is 5.97 Å². The third-order valence-electron chi connectivity index (χ3n) is 6.68. The number of hydrogen-bond donors (Lipinski definition) is 0. The van der Waals surface area contributed by atoms with Gasteiger partial charge in [0.25, 0.3) is 0 Å². The predicted octanol–water partition coefficient (Wildman–Crippen LogP) is 5.93. The first-order valence-electron chi connectivity index (χ1n) is 12.6. The van der Waals surface area contributed by atoms with Crippen LogP contribution in [0, 0.1) is 0 Å². The average Bonchev–Trinajstić information content (AvgIpc) is 3.46. The van der Waals surface area contributed by atoms with Crippen molar-refractivity contribution in [3.8, 4) is 0 Å². The van der Waals surface area contributed by atoms with Crippen molar-refractivity contribution >= 4 is 12.2 Å². The molecule has 0 aliphatic carbocycles. The number of carbonyl (C=O) groups excluding carboxylic acids is 1. The summed E-state index contributed by atoms with van der Waals surface area (Å²) in [4.78, 5) is 21.9. The molecule has 0 fully saturated rings. The van der Waals surface area contributed by atoms with Crippen LogP contribution in [0.1, 0.15) is 27.9 Å². The zero-order valence-corrected chi connectivity index (χ0v) is 21.2. The standard InChI is InChI=1S/C33H29N3O2/c1-38-32(37)31(34-23-26-14-6-2-7-15-26)22-30-24-36(25-35-30)33(27-16-8-3-9-17-27,28-18-10-4-11-19-28)29-20-12-5-13-21-29/h2-21,23-25,31H,22H2,1H3. The van der Waals surface area contributed by atoms with E-state index >= 15 is 0 Å². The van der Waals surface area contributed by atoms with Crippen molar-refractivity contribution in [3.05, 3.63) is 162 Å². The van der Waals surface area contributed by atoms with E-state index in [0.717, 1.165) is 27.9 Å². The molecule has 1 aromatic heterocycles. The first-order chi connectivity index (χ1) is 18.7. The number of rotatable bonds is 9. The lowest BCUT2D eigenvalue weighted by atomic mass is 9.77. The summed E-state index contributed by atoms with van der Waals surface area (Å²) in [6, 6.07) is 40.2. The van der Waals surface area contributed by atoms with Gasteiger partial charge in [-0.3, -0.25) is 4.99 Å². The molecular weight excluding hydrogens is 470 g/mol. The van der Waals surface area contributed by atoms with Crippen LogP contribution in [-0.2, 0) is 21.5 Å². The number of imidazole rings is 1. The third-order valence-corrected chi connectivity index (χ3v) is 6.68. The molecule has 188 valence electrons. The molecule has 0 aliphatic heterocycles. The molecule has 1 heterocycles. The summed E-state index contributed by atoms with van der Waals surface area (Å²) >= 11 is 0. The summed E-state index contributed by atoms with van der Waals surface area (Å²) in [7, 11) is 1.39. The first kappa shape index (κ1) is 24.9. The molecule has 1 unspecified atom stereocenters. The fourth-order valence-corrected chi connectivity index (χ4v) is 4.88. The van der Waals surface area contributed by atoms with E-state index in [1.807, 2.05) is 61.1 Å². The molecule has 0 aliphatic rings. The number of hydrogen-bond acceptors (Lipinski definition) is 4. The van der Waals surface area contributed by atoms with Crippen LogP contribution in [0.15, 0.2) is 139 Å². The highest BCUT2D eigenvalue weighted by molar-refractivity contribution is 5.84. The Kier molecular flexibility index (Phi) is 7.55. The molecule has 5 nitrogen and oxygen atoms in total. The summed E-state index contributed by atoms with van der Waals surface area (Å²) in [6.45, 7) is 0. The van der Waals surface area contributed by atoms with E-state index in [4.69, 9.17) is 9.72 Å². The second-order valence-electron chi connectivity index (χ2n) is 9.01. The largest absolute Gasteiger partial charge is 0.467 e. The molecule has 0 bridgehead atoms. The van der Waals surface area contributed by atoms with Crippen molar-refractivity contribution < 1.29 is 9.53 Å². The molecule has 0 saturated heterocycles. The fourth-order valence-electron chi connectivity index (χ4n) is 4.88. The molecular formula is C33H29N3O2. The van der Waals surface area contributed by atoms with Crippen LogP contribution in [0.3, 0.4) is 0 Å². The lowest BCUT2D eigenvalue weighted by Crippen LogP contribution is -2.37. The molecule has 38 heavy (non-hydrogen) atoms. The third kappa shape index (κ3) is 5.04. The summed E-state index contributed by atoms with van der Waals surface area (Å²) in [5.74, 6) is -0.396. The Hall–Kier alpha value is -4.77. The van der Waals surface area contributed by atoms with Gasteiger partial charge in [0.05, 0.1) is 19.1 Å². The first-order valence-corrected chi connectivity index (χ1v) is 12.6. The second kappa shape index (κ2) is 11.5. The molecule has 5 aromatic rings. The van der Waals surface area contributed by atoms with Crippen molar-refractivity contribution in [2.24, 2.45) is 4.99 Å². The highest BCUT2D eigenvalue weighted by atomic mass is 16.5. The molecule has 0 spiro atoms. The van der Waals surface area contributed by atoms with Gasteiger partial charge in [-0.05, 0) is 22.3 Å². The lowest BCUT2D eigenvalue weighted by molar-refractivity contribution is -0.142. The van der Waals surface area contributed by atoms with Crippen LogP contribution in [0.2, 0.25) is 0 Å². The average molecular weight is 500 g/mol. The molecule has 0 N–H and O–H groups in total. The fraction of sp³-hybridized carbons (Fsp3) is 0.121. The van der Waals surface area contributed by atoms with Crippen LogP contribution in [0.5, 0.6) is 0 Å². The van der Waals surface area contributed by atoms with Gasteiger partial charge in [-0.25, -0.2) is 9.78 Å². The molecule has 4 aromatic carbocycles. The van der Waals surface area contributed by atoms with Crippen molar-refractivity contribution in [3.63, 3.8) is 0 Å². The Balaban J connectivity index is 1.60. The maximum Gasteiger partial charge on any atom is 0.330 e. The van der Waals surface area contributed by atoms with E-state index in [0.29, 0.717) is 6.42 Å². The maximum atomic E-state index is 12.6. The molecule has 1 atom stereocenters. The van der Waals surface area contributed by atoms with E-state index in [-0.39, 0.29) is 0 Å². The number of ether oxygens (including phenoxy) is 1. The van der Waals surface area contributed by atoms with Crippen LogP contribution in [-0.4, -0.2) is 34.9 Å². The number of aromatic nitrogens is 2. The Bertz CT molecular complexity index is 1380. The van der Waals surface area contributed by atoms with Crippen LogP contribution in [0.4, 0.5) is 0 Å². The van der Waals surface area contributed by atoms with Gasteiger partial charge < -0.3 is 9.30 Å². The lowest BCUT2D eigenvalue weighted by Gasteiger charge is -2.37. The van der Waals surface area contributed by atoms with E-state index in [1.165, 1.54) is 7.11 Å². The van der Waals surface area contributed by atoms with Gasteiger partial charge in [-0.15, -0.1) is 0 Å². The molecule has 5 rings (SSSR count). The van der Waals surface area contributed by atoms with Crippen LogP contribution < -0.4 is 0 Å². The number of methoxy groups -OCH3 is 1. The number of aliphatic imine (C=N–C) groups is 1. The van der Waals surface area contributed by atoms with Crippen molar-refractivity contribution in [2.75, 3.05) is 7.11 Å². The Morgan fingerprint density at radius 3 is 1.76 bits per heavy atom. The Morgan fingerprint density at radius 1 is 0.816 bits per heavy atom. The van der Waals surface area contributed by atoms with Crippen molar-refractivity contribution in [1.82, 2.24) is 9.55 Å². The molecule has 0 amide bonds. The predicted molar refractivity (Wildman–Crippen MR) is 150 cm³/mol. The Labute approximate surface area is 223 Å². The highest BCUT2D eigenvalue weighted by Crippen LogP contribution is 2.40. The summed E-state index contributed by atoms with van der Waals surface area (Å²) in [5, 5.41) is 0. The normalized spacial score (nSPS) is 12.3. The molecule has 0 saturated carbocycles. The van der Waals surface area contributed by atoms with Gasteiger partial charge in [0, 0.05) is 18.8 Å². The van der Waals surface area contributed by atoms with E-state index in [1.54, 1.807) is 6.21 Å². The summed E-state index contributed by atoms with van der Waals surface area (Å²) < 4.78 is 7.20. The quantitative estimate of drug-likeness (QED) is 0.144. The molecule has 0 radical (unpaired) electrons. The number of benzene rings is 4. The van der Waals surface area contributed by atoms with Crippen LogP contribution >= 0.6 is 0 Å². The minimum atomic E-state index is -0.705. The van der Waals surface area contributed by atoms with Crippen molar-refractivity contribution in [2.45, 2.75) is 18.0 Å². The van der Waals surface area contributed by atoms with Gasteiger partial charge in [0.2, 0.25) is 0 Å². The second-order valence-corrected chi connectivity index (χ2v) is 9.01. The monoisotopic (exact) mass is 499 g/mol. The maximum absolute atomic E-state index is 12.6. The Morgan fingerprint density at radius 2 is 1.29 bits per heavy atom. The minimum absolute atomic E-state index is 0.317. The zero-order chi connectivity index (χ0) is 26.2. The minimum Gasteiger partial charge on any atom is -0.467 e. The smallest absolute Gasteiger partial charge is 0.330 e. The number of esters is 1. The highest BCUT2D eigenvalue weighted by Gasteiger charge is 2.38. The molecule has 5 heteroatoms. The van der Waals surface area contributed by atoms with Gasteiger partial charge in [0.1, 0.15) is 5.54 Å². The van der Waals surface area contributed by atoms with E-state index in [9.17, 15) is 4.79 Å².